The van der Waals surface area contributed by atoms with E-state index in [0.29, 0.717) is 12.8 Å². The molecule has 7 N–H and O–H groups in total. The summed E-state index contributed by atoms with van der Waals surface area (Å²) >= 11 is 0. The molecule has 14 unspecified atom stereocenters. The molecule has 41 heteroatoms. The van der Waals surface area contributed by atoms with Crippen LogP contribution in [0.4, 0.5) is 4.79 Å². The summed E-state index contributed by atoms with van der Waals surface area (Å²) in [7, 11) is 9.25. The predicted octanol–water partition coefficient (Wildman–Crippen LogP) is 6.07. The van der Waals surface area contributed by atoms with Gasteiger partial charge < -0.3 is 118 Å². The zero-order chi connectivity index (χ0) is 109. The summed E-state index contributed by atoms with van der Waals surface area (Å²) in [5.74, 6) is -17.5. The molecule has 5 rings (SSSR count). The molecule has 3 saturated carbocycles. The number of carboxylic acid groups (broad SMARTS) is 1. The molecule has 4 aliphatic carbocycles. The van der Waals surface area contributed by atoms with Gasteiger partial charge in [0.25, 0.3) is 6.29 Å². The van der Waals surface area contributed by atoms with Crippen molar-refractivity contribution in [1.82, 2.24) is 55.6 Å². The standard InChI is InChI=1S/C103H167N11O30/c1-27-29-39-101(18,103(135)41-37-71-70-31-30-68-57-69(116)36-40-100(68,17)84(70)77(117)58-102(71,103)19)88(144-99(134)143-83(38-42-115)142-82(123)35-34-81(122)141-52-50-139-48-46-137-44-43-136-45-47-138-49-51-140-80(121)33-32-79(119)120)87-92(127)106-72(28-2)94(129)108(20)59-78(118)109(21)73(53-60(3)4)91(126)107-85(64(11)12)97(132)110(22)74(54-61(5)6)90(125)104-66(15)89(124)105-67(16)93(128)111(23)75(55-62(7)8)95(130)112(24)76(56-63(9)10)96(131)113(25)86(65(13)14)98(133)114(87)26/h27,29,36,40,42,57,60-67,70-77,83-88,117,135H,28,30-35,37-39,41,43-56,58-59H2,1-26H3,(H,104,125)(H,105,124)(H,106,127)(H,107,126)(H,119,120)/b29-27+/t66?,67?,70?,71?,72?,73-,74?,75?,76?,77-,83?,84?,85?,86?,87?,88?,100-,101+,102-,103-/m0/s1. The molecule has 0 aromatic rings. The van der Waals surface area contributed by atoms with Crippen LogP contribution in [0.25, 0.3) is 0 Å². The van der Waals surface area contributed by atoms with Crippen molar-refractivity contribution >= 4 is 107 Å². The van der Waals surface area contributed by atoms with Gasteiger partial charge in [0.05, 0.1) is 103 Å². The molecular weight excluding hydrogens is 1870 g/mol. The van der Waals surface area contributed by atoms with E-state index in [1.807, 2.05) is 40.7 Å². The summed E-state index contributed by atoms with van der Waals surface area (Å²) in [5.41, 5.74) is -5.85. The Kier molecular flexibility index (Phi) is 49.2. The molecule has 4 fully saturated rings. The Bertz CT molecular complexity index is 4500. The number of likely N-dealkylation sites (N-methyl/N-ethyl adjacent to an activating group) is 7. The molecule has 0 spiro atoms. The molecule has 144 heavy (non-hydrogen) atoms. The number of allylic oxidation sites excluding steroid dienone is 6. The maximum atomic E-state index is 17.0. The number of aliphatic carboxylic acids is 1. The second-order valence-electron chi connectivity index (χ2n) is 42.1. The molecule has 1 saturated heterocycles. The van der Waals surface area contributed by atoms with Crippen molar-refractivity contribution in [3.8, 4) is 0 Å². The molecule has 5 aliphatic rings. The summed E-state index contributed by atoms with van der Waals surface area (Å²) in [4.78, 5) is 269. The molecule has 0 aromatic heterocycles. The number of carboxylic acids is 1. The number of aliphatic hydroxyl groups excluding tert-OH is 1. The number of hydrogen-bond donors (Lipinski definition) is 7. The lowest BCUT2D eigenvalue weighted by atomic mass is 9.44. The van der Waals surface area contributed by atoms with Crippen LogP contribution in [0.15, 0.2) is 36.0 Å². The van der Waals surface area contributed by atoms with Crippen molar-refractivity contribution < 1.29 is 144 Å². The maximum absolute atomic E-state index is 17.0. The Labute approximate surface area is 849 Å². The Hall–Kier alpha value is -10.4. The third-order valence-electron chi connectivity index (χ3n) is 28.9. The normalized spacial score (nSPS) is 27.9. The minimum Gasteiger partial charge on any atom is -0.481 e. The van der Waals surface area contributed by atoms with Gasteiger partial charge in [-0.05, 0) is 151 Å². The zero-order valence-electron chi connectivity index (χ0n) is 89.8. The summed E-state index contributed by atoms with van der Waals surface area (Å²) in [6.07, 6.45) is -1.50. The monoisotopic (exact) mass is 2040 g/mol. The van der Waals surface area contributed by atoms with Gasteiger partial charge in [-0.25, -0.2) is 4.79 Å². The quantitative estimate of drug-likeness (QED) is 0.00910. The first-order valence-electron chi connectivity index (χ1n) is 50.7. The van der Waals surface area contributed by atoms with E-state index in [2.05, 4.69) is 21.3 Å². The minimum atomic E-state index is -2.32. The van der Waals surface area contributed by atoms with Gasteiger partial charge in [0.2, 0.25) is 65.0 Å². The largest absolute Gasteiger partial charge is 0.511 e. The van der Waals surface area contributed by atoms with Gasteiger partial charge in [-0.3, -0.25) is 76.7 Å². The lowest BCUT2D eigenvalue weighted by Gasteiger charge is -2.63. The Balaban J connectivity index is 1.71. The van der Waals surface area contributed by atoms with Crippen molar-refractivity contribution in [2.24, 2.45) is 69.5 Å². The van der Waals surface area contributed by atoms with Crippen molar-refractivity contribution in [2.45, 2.75) is 319 Å². The van der Waals surface area contributed by atoms with Crippen LogP contribution in [0.1, 0.15) is 234 Å². The molecule has 0 aromatic carbocycles. The molecule has 11 amide bonds. The highest BCUT2D eigenvalue weighted by atomic mass is 16.8. The SMILES string of the molecule is C/C=C/C[C@](C)(C(OC(=O)OC(CC=O)OC(=O)CCC(=O)OCCOCCOCCOCCOCCOC(=O)CCC(=O)O)C1C(=O)NC(CC)C(=O)N(C)CC(=O)N(C)[C@@H](CC(C)C)C(=O)NC(C(C)C)C(=O)N(C)C(CC(C)C)C(=O)NC(C)C(=O)NC(C)C(=O)N(C)C(CC(C)C)C(=O)N(C)C(CC(C)C)C(=O)N(C)C(C(C)C)C(=O)N1C)[C@@]1(O)CCC2C3CCC4=CC(=O)C=C[C@]4(C)C3[C@@H](O)C[C@@]21C. The average molecular weight is 2040 g/mol. The van der Waals surface area contributed by atoms with Crippen LogP contribution in [0, 0.1) is 69.5 Å². The van der Waals surface area contributed by atoms with Crippen molar-refractivity contribution in [2.75, 3.05) is 122 Å². The number of carbonyl (C=O) groups is 18. The van der Waals surface area contributed by atoms with Gasteiger partial charge in [-0.15, -0.1) is 0 Å². The molecule has 814 valence electrons. The summed E-state index contributed by atoms with van der Waals surface area (Å²) in [6, 6.07) is -15.0. The number of aldehydes is 1. The first kappa shape index (κ1) is 124. The van der Waals surface area contributed by atoms with Gasteiger partial charge in [0.15, 0.2) is 5.78 Å². The number of carbonyl (C=O) groups excluding carboxylic acids is 17. The second kappa shape index (κ2) is 57.1. The topological polar surface area (TPSA) is 522 Å². The molecule has 1 aliphatic heterocycles. The predicted molar refractivity (Wildman–Crippen MR) is 528 cm³/mol. The number of aliphatic hydroxyl groups is 2. The summed E-state index contributed by atoms with van der Waals surface area (Å²) < 4.78 is 50.1. The van der Waals surface area contributed by atoms with Crippen LogP contribution < -0.4 is 21.3 Å². The second-order valence-corrected chi connectivity index (χ2v) is 42.1. The molecular formula is C103H167N11O30. The van der Waals surface area contributed by atoms with E-state index < -0.39 is 245 Å². The third kappa shape index (κ3) is 33.1. The van der Waals surface area contributed by atoms with E-state index in [-0.39, 0.29) is 178 Å². The van der Waals surface area contributed by atoms with E-state index in [1.54, 1.807) is 87.5 Å². The Morgan fingerprint density at radius 3 is 1.51 bits per heavy atom. The molecule has 1 heterocycles. The fourth-order valence-electron chi connectivity index (χ4n) is 20.9. The number of fused-ring (bicyclic) bond motifs is 5. The smallest absolute Gasteiger partial charge is 0.481 e. The number of amides is 11. The van der Waals surface area contributed by atoms with Gasteiger partial charge >= 0.3 is 30.0 Å². The van der Waals surface area contributed by atoms with Gasteiger partial charge in [-0.2, -0.15) is 0 Å². The highest BCUT2D eigenvalue weighted by Crippen LogP contribution is 2.71. The lowest BCUT2D eigenvalue weighted by molar-refractivity contribution is -0.237. The highest BCUT2D eigenvalue weighted by molar-refractivity contribution is 6.02. The van der Waals surface area contributed by atoms with E-state index in [4.69, 9.17) is 47.7 Å². The van der Waals surface area contributed by atoms with Crippen molar-refractivity contribution in [3.63, 3.8) is 0 Å². The Morgan fingerprint density at radius 1 is 0.535 bits per heavy atom. The fraction of sp³-hybridized carbons (Fsp3) is 0.767. The Morgan fingerprint density at radius 2 is 1.01 bits per heavy atom. The van der Waals surface area contributed by atoms with Crippen LogP contribution in [0.3, 0.4) is 0 Å². The van der Waals surface area contributed by atoms with Crippen LogP contribution in [0.2, 0.25) is 0 Å². The first-order chi connectivity index (χ1) is 67.4. The number of rotatable bonds is 42. The zero-order valence-corrected chi connectivity index (χ0v) is 89.8. The van der Waals surface area contributed by atoms with Gasteiger partial charge in [-0.1, -0.05) is 135 Å². The number of hydrogen-bond acceptors (Lipinski definition) is 29. The summed E-state index contributed by atoms with van der Waals surface area (Å²) in [6.45, 7) is 32.3. The lowest BCUT2D eigenvalue weighted by Crippen LogP contribution is -2.71. The van der Waals surface area contributed by atoms with Gasteiger partial charge in [0.1, 0.15) is 86.0 Å². The number of ether oxygens (including phenoxy) is 9. The number of ketones is 1. The third-order valence-corrected chi connectivity index (χ3v) is 28.9. The number of nitrogens with zero attached hydrogens (tertiary/aromatic N) is 7. The molecule has 20 atom stereocenters. The van der Waals surface area contributed by atoms with Crippen LogP contribution in [-0.2, 0) is 124 Å². The molecule has 0 bridgehead atoms. The van der Waals surface area contributed by atoms with E-state index >= 15 is 43.2 Å². The van der Waals surface area contributed by atoms with Crippen LogP contribution >= 0.6 is 0 Å². The number of nitrogens with one attached hydrogen (secondary N) is 4. The molecule has 0 radical (unpaired) electrons. The van der Waals surface area contributed by atoms with Crippen LogP contribution in [0.5, 0.6) is 0 Å². The van der Waals surface area contributed by atoms with Gasteiger partial charge in [0, 0.05) is 71.5 Å². The van der Waals surface area contributed by atoms with E-state index in [0.717, 1.165) is 25.2 Å². The maximum Gasteiger partial charge on any atom is 0.511 e. The minimum absolute atomic E-state index is 0.0156. The highest BCUT2D eigenvalue weighted by Gasteiger charge is 2.73. The number of esters is 3. The summed E-state index contributed by atoms with van der Waals surface area (Å²) in [5, 5.41) is 47.8. The van der Waals surface area contributed by atoms with E-state index in [1.165, 1.54) is 97.8 Å². The van der Waals surface area contributed by atoms with Crippen molar-refractivity contribution in [3.05, 3.63) is 36.0 Å². The van der Waals surface area contributed by atoms with E-state index in [9.17, 15) is 53.4 Å². The van der Waals surface area contributed by atoms with Crippen molar-refractivity contribution in [1.29, 1.82) is 0 Å². The molecule has 41 nitrogen and oxygen atoms in total. The average Bonchev–Trinajstić information content (AvgIpc) is 1.49. The first-order valence-corrected chi connectivity index (χ1v) is 50.7. The van der Waals surface area contributed by atoms with Crippen LogP contribution in [-0.4, -0.2) is 363 Å². The fourth-order valence-corrected chi connectivity index (χ4v) is 20.9.